The van der Waals surface area contributed by atoms with Crippen molar-refractivity contribution in [3.05, 3.63) is 81.1 Å². The summed E-state index contributed by atoms with van der Waals surface area (Å²) in [4.78, 5) is 26.2. The minimum absolute atomic E-state index is 0.0642. The Hall–Kier alpha value is -2.67. The van der Waals surface area contributed by atoms with E-state index in [-0.39, 0.29) is 17.4 Å². The van der Waals surface area contributed by atoms with Crippen LogP contribution in [0.1, 0.15) is 46.1 Å². The van der Waals surface area contributed by atoms with Crippen molar-refractivity contribution < 1.29 is 4.79 Å². The van der Waals surface area contributed by atoms with Gasteiger partial charge < -0.3 is 15.5 Å². The summed E-state index contributed by atoms with van der Waals surface area (Å²) >= 11 is 12.5. The van der Waals surface area contributed by atoms with E-state index < -0.39 is 0 Å². The molecule has 2 aliphatic heterocycles. The van der Waals surface area contributed by atoms with Gasteiger partial charge in [-0.1, -0.05) is 53.5 Å². The lowest BCUT2D eigenvalue weighted by Gasteiger charge is -2.42. The van der Waals surface area contributed by atoms with Crippen molar-refractivity contribution >= 4 is 40.7 Å². The summed E-state index contributed by atoms with van der Waals surface area (Å²) < 4.78 is 0. The molecule has 8 heteroatoms. The Balaban J connectivity index is 1.21. The number of piperidine rings is 1. The van der Waals surface area contributed by atoms with Gasteiger partial charge in [-0.15, -0.1) is 0 Å². The van der Waals surface area contributed by atoms with Crippen molar-refractivity contribution in [3.63, 3.8) is 0 Å². The number of fused-ring (bicyclic) bond motifs is 2. The van der Waals surface area contributed by atoms with Gasteiger partial charge in [0.05, 0.1) is 22.3 Å². The number of hydrogen-bond donors (Lipinski definition) is 1. The first-order valence-corrected chi connectivity index (χ1v) is 11.9. The Morgan fingerprint density at radius 1 is 1.03 bits per heavy atom. The molecule has 2 aromatic carbocycles. The zero-order valence-electron chi connectivity index (χ0n) is 18.0. The van der Waals surface area contributed by atoms with E-state index in [1.807, 2.05) is 0 Å². The van der Waals surface area contributed by atoms with Crippen LogP contribution < -0.4 is 15.5 Å². The molecule has 168 valence electrons. The van der Waals surface area contributed by atoms with Gasteiger partial charge in [0.2, 0.25) is 5.95 Å². The molecule has 33 heavy (non-hydrogen) atoms. The molecule has 1 atom stereocenters. The minimum atomic E-state index is -0.181. The standard InChI is InChI=1S/C25H23Cl2N5O/c26-18-6-3-7-19(20(18)27)32-14-16-13-29-24(30-21(16)23(32)33)31-10-8-25(9-11-31)12-15-4-1-2-5-17(15)22(25)28/h1-7,13,22H,8-12,14,28H2/t22-/m1/s1. The maximum atomic E-state index is 13.2. The fraction of sp³-hybridized carbons (Fsp3) is 0.320. The Morgan fingerprint density at radius 2 is 1.82 bits per heavy atom. The molecule has 1 amide bonds. The fourth-order valence-corrected chi connectivity index (χ4v) is 5.97. The Labute approximate surface area is 202 Å². The van der Waals surface area contributed by atoms with E-state index in [2.05, 4.69) is 39.1 Å². The number of halogens is 2. The van der Waals surface area contributed by atoms with Gasteiger partial charge in [-0.25, -0.2) is 9.97 Å². The number of nitrogens with two attached hydrogens (primary N) is 1. The number of nitrogens with zero attached hydrogens (tertiary/aromatic N) is 4. The van der Waals surface area contributed by atoms with Crippen LogP contribution in [-0.2, 0) is 13.0 Å². The van der Waals surface area contributed by atoms with E-state index in [1.54, 1.807) is 29.3 Å². The highest BCUT2D eigenvalue weighted by molar-refractivity contribution is 6.44. The topological polar surface area (TPSA) is 75.3 Å². The number of hydrogen-bond acceptors (Lipinski definition) is 5. The van der Waals surface area contributed by atoms with Crippen LogP contribution in [0.5, 0.6) is 0 Å². The summed E-state index contributed by atoms with van der Waals surface area (Å²) in [6, 6.07) is 13.9. The van der Waals surface area contributed by atoms with Crippen LogP contribution in [0.4, 0.5) is 11.6 Å². The van der Waals surface area contributed by atoms with E-state index in [1.165, 1.54) is 11.1 Å². The normalized spacial score (nSPS) is 20.9. The Morgan fingerprint density at radius 3 is 2.61 bits per heavy atom. The molecule has 0 bridgehead atoms. The average molecular weight is 480 g/mol. The second-order valence-electron chi connectivity index (χ2n) is 9.21. The molecular formula is C25H23Cl2N5O. The molecule has 3 aliphatic rings. The second-order valence-corrected chi connectivity index (χ2v) is 10.00. The SMILES string of the molecule is N[C@@H]1c2ccccc2CC12CCN(c1ncc3c(n1)C(=O)N(c1cccc(Cl)c1Cl)C3)CC2. The summed E-state index contributed by atoms with van der Waals surface area (Å²) in [5.41, 5.74) is 11.3. The molecular weight excluding hydrogens is 457 g/mol. The van der Waals surface area contributed by atoms with Gasteiger partial charge in [0, 0.05) is 30.9 Å². The van der Waals surface area contributed by atoms with Crippen LogP contribution in [0.3, 0.4) is 0 Å². The van der Waals surface area contributed by atoms with Crippen LogP contribution >= 0.6 is 23.2 Å². The molecule has 0 unspecified atom stereocenters. The van der Waals surface area contributed by atoms with E-state index >= 15 is 0 Å². The van der Waals surface area contributed by atoms with E-state index in [4.69, 9.17) is 28.9 Å². The highest BCUT2D eigenvalue weighted by atomic mass is 35.5. The molecule has 1 aromatic heterocycles. The lowest BCUT2D eigenvalue weighted by atomic mass is 9.73. The lowest BCUT2D eigenvalue weighted by Crippen LogP contribution is -2.45. The Kier molecular flexibility index (Phi) is 4.87. The number of carbonyl (C=O) groups excluding carboxylic acids is 1. The van der Waals surface area contributed by atoms with Crippen LogP contribution in [-0.4, -0.2) is 29.0 Å². The summed E-state index contributed by atoms with van der Waals surface area (Å²) in [5, 5.41) is 0.781. The van der Waals surface area contributed by atoms with Crippen molar-refractivity contribution in [2.75, 3.05) is 22.9 Å². The first-order valence-electron chi connectivity index (χ1n) is 11.2. The van der Waals surface area contributed by atoms with Gasteiger partial charge in [0.25, 0.3) is 5.91 Å². The molecule has 3 aromatic rings. The molecule has 6 rings (SSSR count). The maximum absolute atomic E-state index is 13.2. The molecule has 1 fully saturated rings. The van der Waals surface area contributed by atoms with Crippen molar-refractivity contribution in [1.29, 1.82) is 0 Å². The molecule has 1 spiro atoms. The zero-order chi connectivity index (χ0) is 22.7. The average Bonchev–Trinajstić information content (AvgIpc) is 3.30. The van der Waals surface area contributed by atoms with Gasteiger partial charge in [-0.3, -0.25) is 4.79 Å². The second kappa shape index (κ2) is 7.69. The quantitative estimate of drug-likeness (QED) is 0.571. The highest BCUT2D eigenvalue weighted by Gasteiger charge is 2.46. The number of rotatable bonds is 2. The summed E-state index contributed by atoms with van der Waals surface area (Å²) in [6.07, 6.45) is 4.73. The third-order valence-corrected chi connectivity index (χ3v) is 8.29. The Bertz CT molecular complexity index is 1270. The van der Waals surface area contributed by atoms with Crippen LogP contribution in [0.2, 0.25) is 10.0 Å². The maximum Gasteiger partial charge on any atom is 0.277 e. The molecule has 1 saturated heterocycles. The summed E-state index contributed by atoms with van der Waals surface area (Å²) in [5.74, 6) is 0.416. The van der Waals surface area contributed by atoms with E-state index in [0.29, 0.717) is 33.9 Å². The number of aromatic nitrogens is 2. The molecule has 0 saturated carbocycles. The third-order valence-electron chi connectivity index (χ3n) is 7.48. The van der Waals surface area contributed by atoms with Crippen molar-refractivity contribution in [2.45, 2.75) is 31.8 Å². The fourth-order valence-electron chi connectivity index (χ4n) is 5.57. The number of benzene rings is 2. The molecule has 1 aliphatic carbocycles. The van der Waals surface area contributed by atoms with Gasteiger partial charge >= 0.3 is 0 Å². The first kappa shape index (κ1) is 20.9. The molecule has 3 heterocycles. The van der Waals surface area contributed by atoms with Gasteiger partial charge in [0.15, 0.2) is 0 Å². The zero-order valence-corrected chi connectivity index (χ0v) is 19.5. The summed E-state index contributed by atoms with van der Waals surface area (Å²) in [6.45, 7) is 2.02. The van der Waals surface area contributed by atoms with Gasteiger partial charge in [0.1, 0.15) is 5.69 Å². The molecule has 6 nitrogen and oxygen atoms in total. The van der Waals surface area contributed by atoms with E-state index in [0.717, 1.165) is 37.9 Å². The van der Waals surface area contributed by atoms with Crippen LogP contribution in [0.15, 0.2) is 48.7 Å². The monoisotopic (exact) mass is 479 g/mol. The number of amides is 1. The van der Waals surface area contributed by atoms with E-state index in [9.17, 15) is 4.79 Å². The smallest absolute Gasteiger partial charge is 0.277 e. The molecule has 2 N–H and O–H groups in total. The molecule has 0 radical (unpaired) electrons. The predicted molar refractivity (Wildman–Crippen MR) is 130 cm³/mol. The lowest BCUT2D eigenvalue weighted by molar-refractivity contribution is 0.0992. The third kappa shape index (κ3) is 3.23. The van der Waals surface area contributed by atoms with Crippen molar-refractivity contribution in [3.8, 4) is 0 Å². The minimum Gasteiger partial charge on any atom is -0.341 e. The number of carbonyl (C=O) groups is 1. The first-order chi connectivity index (χ1) is 16.0. The predicted octanol–water partition coefficient (Wildman–Crippen LogP) is 4.79. The van der Waals surface area contributed by atoms with Gasteiger partial charge in [-0.05, 0) is 47.9 Å². The van der Waals surface area contributed by atoms with Crippen molar-refractivity contribution in [1.82, 2.24) is 9.97 Å². The van der Waals surface area contributed by atoms with Crippen LogP contribution in [0, 0.1) is 5.41 Å². The van der Waals surface area contributed by atoms with Crippen molar-refractivity contribution in [2.24, 2.45) is 11.1 Å². The summed E-state index contributed by atoms with van der Waals surface area (Å²) in [7, 11) is 0. The highest BCUT2D eigenvalue weighted by Crippen LogP contribution is 2.50. The van der Waals surface area contributed by atoms with Crippen LogP contribution in [0.25, 0.3) is 0 Å². The number of anilines is 2. The van der Waals surface area contributed by atoms with Gasteiger partial charge in [-0.2, -0.15) is 0 Å². The largest absolute Gasteiger partial charge is 0.341 e.